The Morgan fingerprint density at radius 1 is 1.38 bits per heavy atom. The van der Waals surface area contributed by atoms with E-state index in [0.29, 0.717) is 5.56 Å². The largest absolute Gasteiger partial charge is 0.321 e. The van der Waals surface area contributed by atoms with Crippen LogP contribution < -0.4 is 5.32 Å². The van der Waals surface area contributed by atoms with Crippen molar-refractivity contribution < 1.29 is 9.18 Å². The molecule has 0 saturated carbocycles. The first kappa shape index (κ1) is 11.2. The Labute approximate surface area is 102 Å². The van der Waals surface area contributed by atoms with Gasteiger partial charge in [-0.2, -0.15) is 11.3 Å². The highest BCUT2D eigenvalue weighted by atomic mass is 32.1. The van der Waals surface area contributed by atoms with Crippen molar-refractivity contribution in [3.8, 4) is 0 Å². The molecular formula is C11H8FNOS2. The lowest BCUT2D eigenvalue weighted by Gasteiger charge is -2.03. The van der Waals surface area contributed by atoms with E-state index in [4.69, 9.17) is 0 Å². The molecule has 2 rings (SSSR count). The molecule has 5 heteroatoms. The van der Waals surface area contributed by atoms with E-state index in [-0.39, 0.29) is 10.8 Å². The molecule has 0 unspecified atom stereocenters. The maximum atomic E-state index is 12.9. The van der Waals surface area contributed by atoms with Crippen LogP contribution in [0, 0.1) is 5.82 Å². The van der Waals surface area contributed by atoms with Crippen LogP contribution in [0.25, 0.3) is 0 Å². The van der Waals surface area contributed by atoms with E-state index < -0.39 is 5.82 Å². The Bertz CT molecular complexity index is 511. The molecule has 0 atom stereocenters. The van der Waals surface area contributed by atoms with Crippen molar-refractivity contribution >= 4 is 35.6 Å². The van der Waals surface area contributed by atoms with Gasteiger partial charge >= 0.3 is 0 Å². The van der Waals surface area contributed by atoms with Gasteiger partial charge in [0.25, 0.3) is 5.91 Å². The van der Waals surface area contributed by atoms with E-state index in [9.17, 15) is 9.18 Å². The predicted molar refractivity (Wildman–Crippen MR) is 65.9 cm³/mol. The fourth-order valence-electron chi connectivity index (χ4n) is 1.19. The third-order valence-corrected chi connectivity index (χ3v) is 3.01. The van der Waals surface area contributed by atoms with E-state index in [1.54, 1.807) is 6.07 Å². The number of thiophene rings is 1. The van der Waals surface area contributed by atoms with Crippen molar-refractivity contribution in [1.29, 1.82) is 0 Å². The first-order chi connectivity index (χ1) is 7.66. The first-order valence-electron chi connectivity index (χ1n) is 4.49. The molecule has 0 aliphatic rings. The lowest BCUT2D eigenvalue weighted by atomic mass is 10.2. The second-order valence-corrected chi connectivity index (χ2v) is 4.39. The van der Waals surface area contributed by atoms with E-state index in [2.05, 4.69) is 17.9 Å². The van der Waals surface area contributed by atoms with Gasteiger partial charge in [0.05, 0.1) is 5.69 Å². The molecule has 1 aromatic carbocycles. The van der Waals surface area contributed by atoms with Crippen LogP contribution in [0.2, 0.25) is 0 Å². The summed E-state index contributed by atoms with van der Waals surface area (Å²) in [7, 11) is 0. The zero-order valence-electron chi connectivity index (χ0n) is 8.11. The summed E-state index contributed by atoms with van der Waals surface area (Å²) in [6.45, 7) is 0. The van der Waals surface area contributed by atoms with Crippen LogP contribution in [0.3, 0.4) is 0 Å². The van der Waals surface area contributed by atoms with Gasteiger partial charge in [-0.25, -0.2) is 4.39 Å². The van der Waals surface area contributed by atoms with Crippen LogP contribution in [-0.4, -0.2) is 5.91 Å². The molecule has 16 heavy (non-hydrogen) atoms. The van der Waals surface area contributed by atoms with Gasteiger partial charge in [0.2, 0.25) is 0 Å². The average molecular weight is 253 g/mol. The molecule has 0 aliphatic carbocycles. The van der Waals surface area contributed by atoms with Crippen molar-refractivity contribution in [3.05, 3.63) is 46.4 Å². The van der Waals surface area contributed by atoms with Crippen LogP contribution >= 0.6 is 24.0 Å². The molecule has 0 aliphatic heterocycles. The lowest BCUT2D eigenvalue weighted by Crippen LogP contribution is -2.11. The number of halogens is 1. The molecule has 1 N–H and O–H groups in total. The molecule has 2 nitrogen and oxygen atoms in total. The second kappa shape index (κ2) is 4.67. The molecule has 0 saturated heterocycles. The summed E-state index contributed by atoms with van der Waals surface area (Å²) in [5.41, 5.74) is 1.12. The SMILES string of the molecule is O=C(Nc1ccsc1)c1ccc(F)c(S)c1. The molecule has 0 bridgehead atoms. The number of hydrogen-bond donors (Lipinski definition) is 2. The lowest BCUT2D eigenvalue weighted by molar-refractivity contribution is 0.102. The molecule has 0 spiro atoms. The average Bonchev–Trinajstić information content (AvgIpc) is 2.74. The van der Waals surface area contributed by atoms with Gasteiger partial charge < -0.3 is 5.32 Å². The monoisotopic (exact) mass is 253 g/mol. The molecular weight excluding hydrogens is 245 g/mol. The van der Waals surface area contributed by atoms with E-state index >= 15 is 0 Å². The highest BCUT2D eigenvalue weighted by Gasteiger charge is 2.08. The summed E-state index contributed by atoms with van der Waals surface area (Å²) < 4.78 is 12.9. The smallest absolute Gasteiger partial charge is 0.255 e. The fourth-order valence-corrected chi connectivity index (χ4v) is 1.99. The summed E-state index contributed by atoms with van der Waals surface area (Å²) in [6, 6.07) is 5.86. The van der Waals surface area contributed by atoms with Gasteiger partial charge in [-0.05, 0) is 29.6 Å². The number of nitrogens with one attached hydrogen (secondary N) is 1. The number of carbonyl (C=O) groups excluding carboxylic acids is 1. The highest BCUT2D eigenvalue weighted by molar-refractivity contribution is 7.80. The maximum absolute atomic E-state index is 12.9. The quantitative estimate of drug-likeness (QED) is 0.789. The number of carbonyl (C=O) groups is 1. The van der Waals surface area contributed by atoms with Crippen molar-refractivity contribution in [2.24, 2.45) is 0 Å². The fraction of sp³-hybridized carbons (Fsp3) is 0. The summed E-state index contributed by atoms with van der Waals surface area (Å²) in [6.07, 6.45) is 0. The van der Waals surface area contributed by atoms with Crippen LogP contribution in [0.1, 0.15) is 10.4 Å². The summed E-state index contributed by atoms with van der Waals surface area (Å²) in [4.78, 5) is 11.9. The number of thiol groups is 1. The Balaban J connectivity index is 2.18. The number of anilines is 1. The standard InChI is InChI=1S/C11H8FNOS2/c12-9-2-1-7(5-10(9)15)11(14)13-8-3-4-16-6-8/h1-6,15H,(H,13,14). The van der Waals surface area contributed by atoms with Gasteiger partial charge in [0.1, 0.15) is 5.82 Å². The summed E-state index contributed by atoms with van der Waals surface area (Å²) in [5.74, 6) is -0.705. The Morgan fingerprint density at radius 3 is 2.81 bits per heavy atom. The topological polar surface area (TPSA) is 29.1 Å². The number of rotatable bonds is 2. The van der Waals surface area contributed by atoms with E-state index in [0.717, 1.165) is 5.69 Å². The van der Waals surface area contributed by atoms with Gasteiger partial charge in [0.15, 0.2) is 0 Å². The van der Waals surface area contributed by atoms with Gasteiger partial charge in [0, 0.05) is 15.8 Å². The van der Waals surface area contributed by atoms with Gasteiger partial charge in [-0.3, -0.25) is 4.79 Å². The number of amides is 1. The molecule has 0 fully saturated rings. The Kier molecular flexibility index (Phi) is 3.26. The van der Waals surface area contributed by atoms with Crippen molar-refractivity contribution in [2.45, 2.75) is 4.90 Å². The van der Waals surface area contributed by atoms with Crippen LogP contribution in [0.15, 0.2) is 39.9 Å². The second-order valence-electron chi connectivity index (χ2n) is 3.13. The Hall–Kier alpha value is -1.33. The summed E-state index contributed by atoms with van der Waals surface area (Å²) >= 11 is 5.42. The normalized spacial score (nSPS) is 10.1. The van der Waals surface area contributed by atoms with Crippen molar-refractivity contribution in [2.75, 3.05) is 5.32 Å². The minimum atomic E-state index is -0.435. The third-order valence-electron chi connectivity index (χ3n) is 1.99. The molecule has 0 radical (unpaired) electrons. The predicted octanol–water partition coefficient (Wildman–Crippen LogP) is 3.43. The third kappa shape index (κ3) is 2.43. The first-order valence-corrected chi connectivity index (χ1v) is 5.88. The van der Waals surface area contributed by atoms with Crippen LogP contribution in [0.4, 0.5) is 10.1 Å². The molecule has 2 aromatic rings. The molecule has 1 amide bonds. The van der Waals surface area contributed by atoms with Crippen molar-refractivity contribution in [3.63, 3.8) is 0 Å². The zero-order valence-corrected chi connectivity index (χ0v) is 9.82. The van der Waals surface area contributed by atoms with Gasteiger partial charge in [-0.15, -0.1) is 12.6 Å². The number of benzene rings is 1. The van der Waals surface area contributed by atoms with Crippen molar-refractivity contribution in [1.82, 2.24) is 0 Å². The van der Waals surface area contributed by atoms with Crippen LogP contribution in [-0.2, 0) is 0 Å². The number of hydrogen-bond acceptors (Lipinski definition) is 3. The van der Waals surface area contributed by atoms with E-state index in [1.165, 1.54) is 29.5 Å². The Morgan fingerprint density at radius 2 is 2.19 bits per heavy atom. The van der Waals surface area contributed by atoms with E-state index in [1.807, 2.05) is 10.8 Å². The maximum Gasteiger partial charge on any atom is 0.255 e. The highest BCUT2D eigenvalue weighted by Crippen LogP contribution is 2.17. The minimum absolute atomic E-state index is 0.165. The minimum Gasteiger partial charge on any atom is -0.321 e. The molecule has 82 valence electrons. The van der Waals surface area contributed by atoms with Gasteiger partial charge in [-0.1, -0.05) is 0 Å². The molecule has 1 aromatic heterocycles. The summed E-state index contributed by atoms with van der Waals surface area (Å²) in [5, 5.41) is 6.39. The zero-order chi connectivity index (χ0) is 11.5. The van der Waals surface area contributed by atoms with Crippen LogP contribution in [0.5, 0.6) is 0 Å². The molecule has 1 heterocycles.